The van der Waals surface area contributed by atoms with Crippen molar-refractivity contribution in [3.05, 3.63) is 72.1 Å². The Balaban J connectivity index is 1.65. The maximum atomic E-state index is 13.8. The van der Waals surface area contributed by atoms with Gasteiger partial charge in [0.05, 0.1) is 34.8 Å². The number of nitrogens with one attached hydrogen (secondary N) is 1. The van der Waals surface area contributed by atoms with Crippen molar-refractivity contribution < 1.29 is 35.8 Å². The molecule has 1 amide bonds. The van der Waals surface area contributed by atoms with E-state index in [2.05, 4.69) is 14.7 Å². The van der Waals surface area contributed by atoms with Gasteiger partial charge in [-0.2, -0.15) is 0 Å². The average molecular weight is 604 g/mol. The predicted octanol–water partition coefficient (Wildman–Crippen LogP) is 1.73. The molecule has 0 radical (unpaired) electrons. The third kappa shape index (κ3) is 6.82. The Bertz CT molecular complexity index is 1750. The lowest BCUT2D eigenvalue weighted by Gasteiger charge is -2.14. The van der Waals surface area contributed by atoms with Gasteiger partial charge < -0.3 is 19.9 Å². The van der Waals surface area contributed by atoms with Crippen molar-refractivity contribution in [2.24, 2.45) is 5.73 Å². The van der Waals surface area contributed by atoms with Gasteiger partial charge in [-0.05, 0) is 49.4 Å². The molecule has 2 aromatic heterocycles. The van der Waals surface area contributed by atoms with E-state index in [4.69, 9.17) is 19.9 Å². The Kier molecular flexibility index (Phi) is 9.22. The summed E-state index contributed by atoms with van der Waals surface area (Å²) in [5.41, 5.74) is 6.34. The minimum absolute atomic E-state index is 0.0719. The molecule has 218 valence electrons. The predicted molar refractivity (Wildman–Crippen MR) is 148 cm³/mol. The second-order valence-electron chi connectivity index (χ2n) is 8.78. The van der Waals surface area contributed by atoms with Crippen LogP contribution in [0.3, 0.4) is 0 Å². The first-order valence-corrected chi connectivity index (χ1v) is 15.3. The van der Waals surface area contributed by atoms with Gasteiger partial charge in [-0.15, -0.1) is 0 Å². The molecule has 0 aliphatic rings. The van der Waals surface area contributed by atoms with Crippen LogP contribution in [0.25, 0.3) is 11.0 Å². The third-order valence-corrected chi connectivity index (χ3v) is 9.03. The fourth-order valence-electron chi connectivity index (χ4n) is 3.86. The number of methoxy groups -OCH3 is 1. The second-order valence-corrected chi connectivity index (χ2v) is 12.2. The number of primary amides is 1. The monoisotopic (exact) mass is 603 g/mol. The molecule has 2 heterocycles. The van der Waals surface area contributed by atoms with E-state index in [1.165, 1.54) is 42.6 Å². The van der Waals surface area contributed by atoms with E-state index in [0.29, 0.717) is 40.6 Å². The molecule has 0 aliphatic carbocycles. The third-order valence-electron chi connectivity index (χ3n) is 5.91. The van der Waals surface area contributed by atoms with Gasteiger partial charge >= 0.3 is 0 Å². The van der Waals surface area contributed by atoms with Crippen LogP contribution in [0.1, 0.15) is 17.7 Å². The summed E-state index contributed by atoms with van der Waals surface area (Å²) in [6, 6.07) is 13.0. The molecular formula is C26H29N5O8S2. The van der Waals surface area contributed by atoms with Crippen LogP contribution in [-0.2, 0) is 36.1 Å². The quantitative estimate of drug-likeness (QED) is 0.201. The number of hydrogen-bond acceptors (Lipinski definition) is 10. The minimum Gasteiger partial charge on any atom is -0.493 e. The van der Waals surface area contributed by atoms with Gasteiger partial charge in [0.2, 0.25) is 0 Å². The molecule has 0 saturated heterocycles. The standard InChI is InChI=1S/C26H29N5O8S2/c1-18-22(28-13-12-24(18)38-15-5-14-37-2)16-29-40(33,34)26-30-21-6-3-4-7-23(21)31(26)41(35,36)20-10-8-19(9-11-20)39-17-25(27)32/h3-4,6-13,29H,5,14-17H2,1-2H3,(H2,27,32). The molecule has 0 bridgehead atoms. The number of sulfonamides is 1. The normalized spacial score (nSPS) is 12.0. The number of amides is 1. The number of aromatic nitrogens is 3. The molecule has 0 spiro atoms. The van der Waals surface area contributed by atoms with Crippen LogP contribution in [0.5, 0.6) is 11.5 Å². The zero-order chi connectivity index (χ0) is 29.6. The van der Waals surface area contributed by atoms with E-state index in [1.54, 1.807) is 32.2 Å². The fraction of sp³-hybridized carbons (Fsp3) is 0.269. The number of imidazole rings is 1. The molecular weight excluding hydrogens is 574 g/mol. The summed E-state index contributed by atoms with van der Waals surface area (Å²) in [6.45, 7) is 2.07. The highest BCUT2D eigenvalue weighted by atomic mass is 32.2. The van der Waals surface area contributed by atoms with Crippen molar-refractivity contribution in [1.29, 1.82) is 0 Å². The lowest BCUT2D eigenvalue weighted by Crippen LogP contribution is -2.29. The SMILES string of the molecule is COCCCOc1ccnc(CNS(=O)(=O)c2nc3ccccc3n2S(=O)(=O)c2ccc(OCC(N)=O)cc2)c1C. The van der Waals surface area contributed by atoms with Crippen LogP contribution in [0.15, 0.2) is 70.8 Å². The van der Waals surface area contributed by atoms with Crippen molar-refractivity contribution in [2.75, 3.05) is 26.9 Å². The first-order valence-electron chi connectivity index (χ1n) is 12.3. The van der Waals surface area contributed by atoms with Crippen LogP contribution in [0.2, 0.25) is 0 Å². The molecule has 0 fully saturated rings. The number of ether oxygens (including phenoxy) is 3. The van der Waals surface area contributed by atoms with E-state index < -0.39 is 31.1 Å². The lowest BCUT2D eigenvalue weighted by atomic mass is 10.2. The van der Waals surface area contributed by atoms with Gasteiger partial charge in [-0.3, -0.25) is 9.78 Å². The first kappa shape index (κ1) is 29.9. The molecule has 4 rings (SSSR count). The molecule has 0 saturated carbocycles. The number of pyridine rings is 1. The summed E-state index contributed by atoms with van der Waals surface area (Å²) in [5, 5.41) is -0.711. The van der Waals surface area contributed by atoms with Gasteiger partial charge in [0.1, 0.15) is 11.5 Å². The fourth-order valence-corrected chi connectivity index (χ4v) is 6.79. The summed E-state index contributed by atoms with van der Waals surface area (Å²) < 4.78 is 73.6. The maximum Gasteiger partial charge on any atom is 0.275 e. The number of carbonyl (C=O) groups excluding carboxylic acids is 1. The zero-order valence-corrected chi connectivity index (χ0v) is 23.9. The lowest BCUT2D eigenvalue weighted by molar-refractivity contribution is -0.119. The van der Waals surface area contributed by atoms with Gasteiger partial charge in [0, 0.05) is 31.9 Å². The molecule has 13 nitrogen and oxygen atoms in total. The topological polar surface area (TPSA) is 182 Å². The summed E-state index contributed by atoms with van der Waals surface area (Å²) in [4.78, 5) is 19.2. The van der Waals surface area contributed by atoms with Gasteiger partial charge in [0.25, 0.3) is 31.1 Å². The van der Waals surface area contributed by atoms with Crippen LogP contribution >= 0.6 is 0 Å². The maximum absolute atomic E-state index is 13.8. The minimum atomic E-state index is -4.47. The number of rotatable bonds is 14. The summed E-state index contributed by atoms with van der Waals surface area (Å²) in [5.74, 6) is 0.0598. The van der Waals surface area contributed by atoms with Gasteiger partial charge in [-0.1, -0.05) is 12.1 Å². The van der Waals surface area contributed by atoms with Crippen LogP contribution < -0.4 is 19.9 Å². The molecule has 3 N–H and O–H groups in total. The first-order chi connectivity index (χ1) is 19.5. The molecule has 15 heteroatoms. The Morgan fingerprint density at radius 3 is 2.44 bits per heavy atom. The Morgan fingerprint density at radius 2 is 1.73 bits per heavy atom. The van der Waals surface area contributed by atoms with E-state index in [1.807, 2.05) is 0 Å². The molecule has 4 aromatic rings. The zero-order valence-electron chi connectivity index (χ0n) is 22.3. The van der Waals surface area contributed by atoms with E-state index in [9.17, 15) is 21.6 Å². The van der Waals surface area contributed by atoms with E-state index in [0.717, 1.165) is 0 Å². The highest BCUT2D eigenvalue weighted by molar-refractivity contribution is 7.92. The average Bonchev–Trinajstić information content (AvgIpc) is 3.36. The van der Waals surface area contributed by atoms with Gasteiger partial charge in [-0.25, -0.2) is 30.5 Å². The highest BCUT2D eigenvalue weighted by Crippen LogP contribution is 2.27. The Labute approximate surface area is 237 Å². The van der Waals surface area contributed by atoms with Crippen molar-refractivity contribution in [3.63, 3.8) is 0 Å². The molecule has 2 aromatic carbocycles. The van der Waals surface area contributed by atoms with E-state index >= 15 is 0 Å². The summed E-state index contributed by atoms with van der Waals surface area (Å²) >= 11 is 0. The summed E-state index contributed by atoms with van der Waals surface area (Å²) in [7, 11) is -7.33. The van der Waals surface area contributed by atoms with Crippen molar-refractivity contribution in [3.8, 4) is 11.5 Å². The van der Waals surface area contributed by atoms with Crippen molar-refractivity contribution in [2.45, 2.75) is 29.9 Å². The number of nitrogens with zero attached hydrogens (tertiary/aromatic N) is 3. The molecule has 0 atom stereocenters. The van der Waals surface area contributed by atoms with Crippen LogP contribution in [0.4, 0.5) is 0 Å². The van der Waals surface area contributed by atoms with Crippen LogP contribution in [0, 0.1) is 6.92 Å². The van der Waals surface area contributed by atoms with E-state index in [-0.39, 0.29) is 34.8 Å². The number of fused-ring (bicyclic) bond motifs is 1. The molecule has 41 heavy (non-hydrogen) atoms. The highest BCUT2D eigenvalue weighted by Gasteiger charge is 2.31. The smallest absolute Gasteiger partial charge is 0.275 e. The summed E-state index contributed by atoms with van der Waals surface area (Å²) in [6.07, 6.45) is 2.17. The Hall–Kier alpha value is -4.05. The molecule has 0 aliphatic heterocycles. The molecule has 0 unspecified atom stereocenters. The number of benzene rings is 2. The number of carbonyl (C=O) groups is 1. The van der Waals surface area contributed by atoms with Crippen LogP contribution in [-0.4, -0.2) is 63.6 Å². The number of hydrogen-bond donors (Lipinski definition) is 2. The second kappa shape index (κ2) is 12.6. The van der Waals surface area contributed by atoms with Crippen molar-refractivity contribution >= 4 is 37.0 Å². The number of nitrogens with two attached hydrogens (primary N) is 1. The van der Waals surface area contributed by atoms with Crippen molar-refractivity contribution in [1.82, 2.24) is 18.7 Å². The van der Waals surface area contributed by atoms with Gasteiger partial charge in [0.15, 0.2) is 6.61 Å². The Morgan fingerprint density at radius 1 is 1.00 bits per heavy atom. The largest absolute Gasteiger partial charge is 0.493 e. The number of para-hydroxylation sites is 2.